The Balaban J connectivity index is 2.47. The summed E-state index contributed by atoms with van der Waals surface area (Å²) >= 11 is 5.02. The molecule has 0 N–H and O–H groups in total. The number of benzene rings is 1. The number of aromatic nitrogens is 1. The van der Waals surface area contributed by atoms with E-state index in [-0.39, 0.29) is 0 Å². The number of hydrogen-bond donors (Lipinski definition) is 0. The van der Waals surface area contributed by atoms with Crippen molar-refractivity contribution in [3.05, 3.63) is 39.3 Å². The molecule has 2 rings (SSSR count). The highest BCUT2D eigenvalue weighted by Crippen LogP contribution is 2.27. The summed E-state index contributed by atoms with van der Waals surface area (Å²) in [6.07, 6.45) is 0. The van der Waals surface area contributed by atoms with E-state index in [4.69, 9.17) is 0 Å². The fraction of sp³-hybridized carbons (Fsp3) is 0.182. The summed E-state index contributed by atoms with van der Waals surface area (Å²) in [7, 11) is 0. The van der Waals surface area contributed by atoms with Crippen LogP contribution < -0.4 is 0 Å². The molecule has 0 saturated heterocycles. The Kier molecular flexibility index (Phi) is 2.70. The number of rotatable bonds is 1. The summed E-state index contributed by atoms with van der Waals surface area (Å²) in [5.41, 5.74) is 3.84. The molecule has 0 atom stereocenters. The molecule has 0 amide bonds. The van der Waals surface area contributed by atoms with Crippen molar-refractivity contribution in [2.75, 3.05) is 0 Å². The number of thiazole rings is 1. The maximum Gasteiger partial charge on any atom is 0.124 e. The van der Waals surface area contributed by atoms with E-state index in [1.807, 2.05) is 5.38 Å². The average Bonchev–Trinajstić information content (AvgIpc) is 2.57. The van der Waals surface area contributed by atoms with Gasteiger partial charge in [0.2, 0.25) is 0 Å². The Morgan fingerprint density at radius 2 is 2.00 bits per heavy atom. The molecular formula is C11H10BrNS. The zero-order valence-corrected chi connectivity index (χ0v) is 10.4. The third-order valence-corrected chi connectivity index (χ3v) is 3.83. The molecular weight excluding hydrogens is 258 g/mol. The normalized spacial score (nSPS) is 10.5. The van der Waals surface area contributed by atoms with E-state index in [9.17, 15) is 0 Å². The lowest BCUT2D eigenvalue weighted by Crippen LogP contribution is -1.82. The van der Waals surface area contributed by atoms with E-state index in [1.165, 1.54) is 16.7 Å². The van der Waals surface area contributed by atoms with E-state index in [0.717, 1.165) is 9.61 Å². The lowest BCUT2D eigenvalue weighted by molar-refractivity contribution is 1.32. The summed E-state index contributed by atoms with van der Waals surface area (Å²) < 4.78 is 0.913. The Morgan fingerprint density at radius 3 is 2.57 bits per heavy atom. The van der Waals surface area contributed by atoms with Gasteiger partial charge in [-0.15, -0.1) is 11.3 Å². The molecule has 1 heterocycles. The largest absolute Gasteiger partial charge is 0.229 e. The zero-order chi connectivity index (χ0) is 10.1. The van der Waals surface area contributed by atoms with Crippen molar-refractivity contribution in [1.29, 1.82) is 0 Å². The Morgan fingerprint density at radius 1 is 1.21 bits per heavy atom. The highest BCUT2D eigenvalue weighted by atomic mass is 79.9. The van der Waals surface area contributed by atoms with Gasteiger partial charge in [0.15, 0.2) is 0 Å². The van der Waals surface area contributed by atoms with Crippen LogP contribution in [0.4, 0.5) is 0 Å². The molecule has 1 aromatic heterocycles. The number of nitrogens with zero attached hydrogens (tertiary/aromatic N) is 1. The van der Waals surface area contributed by atoms with Gasteiger partial charge in [-0.3, -0.25) is 0 Å². The second kappa shape index (κ2) is 3.83. The zero-order valence-electron chi connectivity index (χ0n) is 8.04. The summed E-state index contributed by atoms with van der Waals surface area (Å²) in [6, 6.07) is 6.44. The third-order valence-electron chi connectivity index (χ3n) is 2.23. The van der Waals surface area contributed by atoms with Gasteiger partial charge in [0, 0.05) is 10.9 Å². The molecule has 14 heavy (non-hydrogen) atoms. The van der Waals surface area contributed by atoms with E-state index >= 15 is 0 Å². The average molecular weight is 268 g/mol. The van der Waals surface area contributed by atoms with Crippen molar-refractivity contribution >= 4 is 27.3 Å². The molecule has 0 spiro atoms. The van der Waals surface area contributed by atoms with Crippen LogP contribution in [0.5, 0.6) is 0 Å². The van der Waals surface area contributed by atoms with Gasteiger partial charge < -0.3 is 0 Å². The van der Waals surface area contributed by atoms with Crippen LogP contribution in [0.3, 0.4) is 0 Å². The summed E-state index contributed by atoms with van der Waals surface area (Å²) in [6.45, 7) is 4.25. The number of hydrogen-bond acceptors (Lipinski definition) is 2. The molecule has 3 heteroatoms. The molecule has 1 nitrogen and oxygen atoms in total. The predicted molar refractivity (Wildman–Crippen MR) is 64.7 cm³/mol. The second-order valence-electron chi connectivity index (χ2n) is 3.27. The summed E-state index contributed by atoms with van der Waals surface area (Å²) in [4.78, 5) is 4.39. The standard InChI is InChI=1S/C11H10BrNS/c1-7-3-4-9(5-8(7)2)11-13-10(12)6-14-11/h3-6H,1-2H3. The molecule has 0 saturated carbocycles. The van der Waals surface area contributed by atoms with E-state index in [0.29, 0.717) is 0 Å². The summed E-state index contributed by atoms with van der Waals surface area (Å²) in [5, 5.41) is 3.07. The lowest BCUT2D eigenvalue weighted by Gasteiger charge is -2.01. The van der Waals surface area contributed by atoms with E-state index in [1.54, 1.807) is 11.3 Å². The van der Waals surface area contributed by atoms with Gasteiger partial charge in [-0.1, -0.05) is 12.1 Å². The lowest BCUT2D eigenvalue weighted by atomic mass is 10.1. The molecule has 0 radical (unpaired) electrons. The van der Waals surface area contributed by atoms with Crippen LogP contribution in [0, 0.1) is 13.8 Å². The van der Waals surface area contributed by atoms with E-state index in [2.05, 4.69) is 53.0 Å². The van der Waals surface area contributed by atoms with Crippen LogP contribution >= 0.6 is 27.3 Å². The molecule has 0 unspecified atom stereocenters. The topological polar surface area (TPSA) is 12.9 Å². The van der Waals surface area contributed by atoms with Crippen LogP contribution in [0.2, 0.25) is 0 Å². The molecule has 0 aliphatic carbocycles. The first-order valence-electron chi connectivity index (χ1n) is 4.35. The minimum absolute atomic E-state index is 0.913. The Bertz CT molecular complexity index is 462. The van der Waals surface area contributed by atoms with Crippen LogP contribution in [-0.2, 0) is 0 Å². The minimum Gasteiger partial charge on any atom is -0.229 e. The van der Waals surface area contributed by atoms with Gasteiger partial charge in [-0.05, 0) is 47.0 Å². The first-order chi connectivity index (χ1) is 6.66. The van der Waals surface area contributed by atoms with Crippen molar-refractivity contribution in [3.63, 3.8) is 0 Å². The van der Waals surface area contributed by atoms with Gasteiger partial charge in [-0.2, -0.15) is 0 Å². The molecule has 0 fully saturated rings. The van der Waals surface area contributed by atoms with Gasteiger partial charge in [0.1, 0.15) is 9.61 Å². The molecule has 0 aliphatic rings. The fourth-order valence-electron chi connectivity index (χ4n) is 1.26. The smallest absolute Gasteiger partial charge is 0.124 e. The van der Waals surface area contributed by atoms with Crippen molar-refractivity contribution in [2.45, 2.75) is 13.8 Å². The van der Waals surface area contributed by atoms with Crippen molar-refractivity contribution < 1.29 is 0 Å². The van der Waals surface area contributed by atoms with Gasteiger partial charge in [0.05, 0.1) is 0 Å². The summed E-state index contributed by atoms with van der Waals surface area (Å²) in [5.74, 6) is 0. The SMILES string of the molecule is Cc1ccc(-c2nc(Br)cs2)cc1C. The van der Waals surface area contributed by atoms with Gasteiger partial charge >= 0.3 is 0 Å². The van der Waals surface area contributed by atoms with Crippen LogP contribution in [0.1, 0.15) is 11.1 Å². The predicted octanol–water partition coefficient (Wildman–Crippen LogP) is 4.19. The molecule has 0 aliphatic heterocycles. The van der Waals surface area contributed by atoms with Gasteiger partial charge in [-0.25, -0.2) is 4.98 Å². The Hall–Kier alpha value is -0.670. The quantitative estimate of drug-likeness (QED) is 0.755. The first kappa shape index (κ1) is 9.87. The van der Waals surface area contributed by atoms with Crippen molar-refractivity contribution in [3.8, 4) is 10.6 Å². The van der Waals surface area contributed by atoms with Crippen LogP contribution in [0.15, 0.2) is 28.2 Å². The third kappa shape index (κ3) is 1.88. The molecule has 1 aromatic carbocycles. The van der Waals surface area contributed by atoms with Crippen molar-refractivity contribution in [1.82, 2.24) is 4.98 Å². The maximum absolute atomic E-state index is 4.39. The fourth-order valence-corrected chi connectivity index (χ4v) is 2.51. The number of aryl methyl sites for hydroxylation is 2. The van der Waals surface area contributed by atoms with Crippen LogP contribution in [0.25, 0.3) is 10.6 Å². The minimum atomic E-state index is 0.913. The molecule has 72 valence electrons. The maximum atomic E-state index is 4.39. The van der Waals surface area contributed by atoms with Crippen molar-refractivity contribution in [2.24, 2.45) is 0 Å². The highest BCUT2D eigenvalue weighted by molar-refractivity contribution is 9.10. The first-order valence-corrected chi connectivity index (χ1v) is 6.03. The number of halogens is 1. The van der Waals surface area contributed by atoms with Crippen LogP contribution in [-0.4, -0.2) is 4.98 Å². The monoisotopic (exact) mass is 267 g/mol. The molecule has 0 bridgehead atoms. The Labute approximate surface area is 95.9 Å². The van der Waals surface area contributed by atoms with E-state index < -0.39 is 0 Å². The second-order valence-corrected chi connectivity index (χ2v) is 4.95. The highest BCUT2D eigenvalue weighted by Gasteiger charge is 2.03. The molecule has 2 aromatic rings. The van der Waals surface area contributed by atoms with Gasteiger partial charge in [0.25, 0.3) is 0 Å².